The number of benzene rings is 2. The van der Waals surface area contributed by atoms with E-state index in [1.54, 1.807) is 31.2 Å². The van der Waals surface area contributed by atoms with Crippen molar-refractivity contribution >= 4 is 21.6 Å². The molecule has 0 aliphatic carbocycles. The Morgan fingerprint density at radius 3 is 2.61 bits per heavy atom. The minimum absolute atomic E-state index is 0.363. The summed E-state index contributed by atoms with van der Waals surface area (Å²) in [5, 5.41) is 10.3. The Balaban J connectivity index is 2.47. The molecule has 1 atom stereocenters. The van der Waals surface area contributed by atoms with Gasteiger partial charge in [-0.3, -0.25) is 0 Å². The molecule has 0 amide bonds. The number of nitrogens with two attached hydrogens (primary N) is 1. The molecule has 2 aromatic carbocycles. The minimum Gasteiger partial charge on any atom is -0.398 e. The van der Waals surface area contributed by atoms with Crippen LogP contribution in [0.15, 0.2) is 40.9 Å². The van der Waals surface area contributed by atoms with Crippen LogP contribution in [-0.4, -0.2) is 5.11 Å². The second kappa shape index (κ2) is 5.08. The Bertz CT molecular complexity index is 566. The Hall–Kier alpha value is -1.39. The molecule has 0 aromatic heterocycles. The van der Waals surface area contributed by atoms with Crippen molar-refractivity contribution in [2.24, 2.45) is 0 Å². The first-order valence-electron chi connectivity index (χ1n) is 5.47. The van der Waals surface area contributed by atoms with Crippen molar-refractivity contribution in [3.8, 4) is 0 Å². The first-order chi connectivity index (χ1) is 8.47. The number of aliphatic hydroxyl groups is 1. The number of aliphatic hydroxyl groups excluding tert-OH is 1. The fourth-order valence-electron chi connectivity index (χ4n) is 1.88. The minimum atomic E-state index is -0.933. The molecule has 2 aromatic rings. The topological polar surface area (TPSA) is 46.2 Å². The molecule has 0 aliphatic rings. The van der Waals surface area contributed by atoms with Crippen molar-refractivity contribution < 1.29 is 9.50 Å². The van der Waals surface area contributed by atoms with Crippen LogP contribution in [0.1, 0.15) is 22.8 Å². The summed E-state index contributed by atoms with van der Waals surface area (Å²) in [5.41, 5.74) is 8.13. The van der Waals surface area contributed by atoms with Gasteiger partial charge in [-0.05, 0) is 48.4 Å². The number of rotatable bonds is 2. The van der Waals surface area contributed by atoms with E-state index in [0.29, 0.717) is 16.8 Å². The summed E-state index contributed by atoms with van der Waals surface area (Å²) < 4.78 is 14.2. The maximum atomic E-state index is 13.3. The Morgan fingerprint density at radius 2 is 1.94 bits per heavy atom. The van der Waals surface area contributed by atoms with Crippen LogP contribution in [0.4, 0.5) is 10.1 Å². The van der Waals surface area contributed by atoms with Gasteiger partial charge in [0, 0.05) is 15.7 Å². The van der Waals surface area contributed by atoms with Crippen molar-refractivity contribution in [3.63, 3.8) is 0 Å². The van der Waals surface area contributed by atoms with E-state index >= 15 is 0 Å². The van der Waals surface area contributed by atoms with E-state index in [1.807, 2.05) is 0 Å². The second-order valence-electron chi connectivity index (χ2n) is 4.24. The lowest BCUT2D eigenvalue weighted by Gasteiger charge is -2.15. The number of nitrogen functional groups attached to an aromatic ring is 1. The fraction of sp³-hybridized carbons (Fsp3) is 0.143. The van der Waals surface area contributed by atoms with Gasteiger partial charge in [0.25, 0.3) is 0 Å². The zero-order valence-electron chi connectivity index (χ0n) is 9.82. The molecule has 0 aliphatic heterocycles. The van der Waals surface area contributed by atoms with Gasteiger partial charge in [0.15, 0.2) is 0 Å². The molecule has 94 valence electrons. The van der Waals surface area contributed by atoms with Crippen molar-refractivity contribution in [1.82, 2.24) is 0 Å². The summed E-state index contributed by atoms with van der Waals surface area (Å²) in [7, 11) is 0. The quantitative estimate of drug-likeness (QED) is 0.833. The van der Waals surface area contributed by atoms with Gasteiger partial charge >= 0.3 is 0 Å². The lowest BCUT2D eigenvalue weighted by Crippen LogP contribution is -2.04. The van der Waals surface area contributed by atoms with E-state index in [0.717, 1.165) is 10.0 Å². The standard InChI is InChI=1S/C14H13BrFNO/c1-8-4-9(6-11(16)5-8)14(18)12-7-10(15)2-3-13(12)17/h2-7,14,18H,17H2,1H3. The van der Waals surface area contributed by atoms with Gasteiger partial charge in [0.2, 0.25) is 0 Å². The number of hydrogen-bond acceptors (Lipinski definition) is 2. The van der Waals surface area contributed by atoms with E-state index in [1.165, 1.54) is 12.1 Å². The van der Waals surface area contributed by atoms with E-state index in [-0.39, 0.29) is 5.82 Å². The molecule has 3 N–H and O–H groups in total. The lowest BCUT2D eigenvalue weighted by molar-refractivity contribution is 0.220. The molecule has 18 heavy (non-hydrogen) atoms. The summed E-state index contributed by atoms with van der Waals surface area (Å²) in [6, 6.07) is 9.71. The largest absolute Gasteiger partial charge is 0.398 e. The van der Waals surface area contributed by atoms with Gasteiger partial charge in [0.05, 0.1) is 0 Å². The molecular formula is C14H13BrFNO. The molecule has 0 spiro atoms. The normalized spacial score (nSPS) is 12.4. The van der Waals surface area contributed by atoms with Crippen LogP contribution in [0.2, 0.25) is 0 Å². The van der Waals surface area contributed by atoms with Crippen molar-refractivity contribution in [2.75, 3.05) is 5.73 Å². The van der Waals surface area contributed by atoms with Crippen molar-refractivity contribution in [2.45, 2.75) is 13.0 Å². The van der Waals surface area contributed by atoms with Crippen LogP contribution in [0.3, 0.4) is 0 Å². The fourth-order valence-corrected chi connectivity index (χ4v) is 2.26. The Kier molecular flexibility index (Phi) is 3.68. The third-order valence-electron chi connectivity index (χ3n) is 2.72. The molecule has 2 nitrogen and oxygen atoms in total. The average molecular weight is 310 g/mol. The highest BCUT2D eigenvalue weighted by Crippen LogP contribution is 2.30. The van der Waals surface area contributed by atoms with Crippen LogP contribution >= 0.6 is 15.9 Å². The first kappa shape index (κ1) is 13.1. The Labute approximate surface area is 113 Å². The molecule has 0 bridgehead atoms. The highest BCUT2D eigenvalue weighted by molar-refractivity contribution is 9.10. The van der Waals surface area contributed by atoms with Gasteiger partial charge in [-0.2, -0.15) is 0 Å². The maximum Gasteiger partial charge on any atom is 0.123 e. The molecule has 0 saturated heterocycles. The molecule has 0 heterocycles. The molecule has 4 heteroatoms. The summed E-state index contributed by atoms with van der Waals surface area (Å²) in [5.74, 6) is -0.363. The molecule has 0 radical (unpaired) electrons. The highest BCUT2D eigenvalue weighted by Gasteiger charge is 2.15. The Morgan fingerprint density at radius 1 is 1.22 bits per heavy atom. The van der Waals surface area contributed by atoms with Crippen LogP contribution in [0, 0.1) is 12.7 Å². The van der Waals surface area contributed by atoms with E-state index in [4.69, 9.17) is 5.73 Å². The van der Waals surface area contributed by atoms with Gasteiger partial charge in [-0.15, -0.1) is 0 Å². The number of anilines is 1. The van der Waals surface area contributed by atoms with Gasteiger partial charge < -0.3 is 10.8 Å². The first-order valence-corrected chi connectivity index (χ1v) is 6.27. The third kappa shape index (κ3) is 2.71. The molecule has 2 rings (SSSR count). The van der Waals surface area contributed by atoms with Crippen molar-refractivity contribution in [1.29, 1.82) is 0 Å². The number of hydrogen-bond donors (Lipinski definition) is 2. The summed E-state index contributed by atoms with van der Waals surface area (Å²) in [4.78, 5) is 0. The number of aryl methyl sites for hydroxylation is 1. The summed E-state index contributed by atoms with van der Waals surface area (Å²) in [6.07, 6.45) is -0.933. The van der Waals surface area contributed by atoms with Crippen LogP contribution < -0.4 is 5.73 Å². The lowest BCUT2D eigenvalue weighted by atomic mass is 9.98. The van der Waals surface area contributed by atoms with Crippen molar-refractivity contribution in [3.05, 3.63) is 63.4 Å². The third-order valence-corrected chi connectivity index (χ3v) is 3.22. The molecule has 1 unspecified atom stereocenters. The van der Waals surface area contributed by atoms with E-state index in [9.17, 15) is 9.50 Å². The smallest absolute Gasteiger partial charge is 0.123 e. The van der Waals surface area contributed by atoms with Gasteiger partial charge in [-0.25, -0.2) is 4.39 Å². The molecular weight excluding hydrogens is 297 g/mol. The zero-order chi connectivity index (χ0) is 13.3. The van der Waals surface area contributed by atoms with Crippen LogP contribution in [-0.2, 0) is 0 Å². The zero-order valence-corrected chi connectivity index (χ0v) is 11.4. The molecule has 0 fully saturated rings. The predicted octanol–water partition coefficient (Wildman–Crippen LogP) is 3.56. The predicted molar refractivity (Wildman–Crippen MR) is 73.8 cm³/mol. The monoisotopic (exact) mass is 309 g/mol. The van der Waals surface area contributed by atoms with E-state index < -0.39 is 6.10 Å². The SMILES string of the molecule is Cc1cc(F)cc(C(O)c2cc(Br)ccc2N)c1. The highest BCUT2D eigenvalue weighted by atomic mass is 79.9. The maximum absolute atomic E-state index is 13.3. The van der Waals surface area contributed by atoms with Gasteiger partial charge in [-0.1, -0.05) is 22.0 Å². The van der Waals surface area contributed by atoms with Crippen LogP contribution in [0.5, 0.6) is 0 Å². The van der Waals surface area contributed by atoms with Gasteiger partial charge in [0.1, 0.15) is 11.9 Å². The summed E-state index contributed by atoms with van der Waals surface area (Å²) >= 11 is 3.33. The van der Waals surface area contributed by atoms with E-state index in [2.05, 4.69) is 15.9 Å². The number of halogens is 2. The summed E-state index contributed by atoms with van der Waals surface area (Å²) in [6.45, 7) is 1.78. The average Bonchev–Trinajstić information content (AvgIpc) is 2.30. The molecule has 0 saturated carbocycles. The van der Waals surface area contributed by atoms with Crippen LogP contribution in [0.25, 0.3) is 0 Å². The second-order valence-corrected chi connectivity index (χ2v) is 5.15.